The van der Waals surface area contributed by atoms with Gasteiger partial charge in [-0.2, -0.15) is 0 Å². The van der Waals surface area contributed by atoms with Gasteiger partial charge in [-0.05, 0) is 6.42 Å². The molecule has 1 aliphatic rings. The number of pyridine rings is 1. The zero-order valence-corrected chi connectivity index (χ0v) is 8.07. The number of anilines is 1. The van der Waals surface area contributed by atoms with Crippen molar-refractivity contribution in [3.63, 3.8) is 0 Å². The quantitative estimate of drug-likeness (QED) is 0.797. The van der Waals surface area contributed by atoms with E-state index in [4.69, 9.17) is 4.74 Å². The third-order valence-corrected chi connectivity index (χ3v) is 2.27. The Morgan fingerprint density at radius 3 is 3.13 bits per heavy atom. The number of carbonyl (C=O) groups is 1. The summed E-state index contributed by atoms with van der Waals surface area (Å²) in [6.45, 7) is 1.05. The summed E-state index contributed by atoms with van der Waals surface area (Å²) < 4.78 is 17.8. The normalized spacial score (nSPS) is 20.2. The predicted molar refractivity (Wildman–Crippen MR) is 51.8 cm³/mol. The number of ether oxygens (including phenoxy) is 1. The third-order valence-electron chi connectivity index (χ3n) is 2.27. The highest BCUT2D eigenvalue weighted by atomic mass is 19.1. The maximum absolute atomic E-state index is 12.8. The van der Waals surface area contributed by atoms with E-state index < -0.39 is 5.82 Å². The van der Waals surface area contributed by atoms with Crippen molar-refractivity contribution in [1.29, 1.82) is 0 Å². The first-order valence-corrected chi connectivity index (χ1v) is 4.75. The van der Waals surface area contributed by atoms with E-state index in [1.54, 1.807) is 0 Å². The van der Waals surface area contributed by atoms with Gasteiger partial charge in [0.15, 0.2) is 0 Å². The summed E-state index contributed by atoms with van der Waals surface area (Å²) in [5.41, 5.74) is 0.381. The second kappa shape index (κ2) is 4.35. The van der Waals surface area contributed by atoms with E-state index in [1.165, 1.54) is 12.3 Å². The molecule has 4 nitrogen and oxygen atoms in total. The van der Waals surface area contributed by atoms with E-state index in [1.807, 2.05) is 0 Å². The zero-order chi connectivity index (χ0) is 10.7. The van der Waals surface area contributed by atoms with E-state index in [9.17, 15) is 9.18 Å². The van der Waals surface area contributed by atoms with Crippen molar-refractivity contribution in [2.45, 2.75) is 6.42 Å². The topological polar surface area (TPSA) is 51.2 Å². The van der Waals surface area contributed by atoms with Crippen LogP contribution in [0.5, 0.6) is 0 Å². The van der Waals surface area contributed by atoms with E-state index in [-0.39, 0.29) is 11.8 Å². The highest BCUT2D eigenvalue weighted by Gasteiger charge is 2.23. The van der Waals surface area contributed by atoms with Crippen LogP contribution in [-0.2, 0) is 9.53 Å². The van der Waals surface area contributed by atoms with E-state index in [0.29, 0.717) is 25.3 Å². The molecule has 0 aromatic carbocycles. The van der Waals surface area contributed by atoms with Crippen molar-refractivity contribution in [1.82, 2.24) is 4.98 Å². The summed E-state index contributed by atoms with van der Waals surface area (Å²) >= 11 is 0. The van der Waals surface area contributed by atoms with E-state index in [0.717, 1.165) is 6.20 Å². The average molecular weight is 210 g/mol. The van der Waals surface area contributed by atoms with Crippen LogP contribution in [0.4, 0.5) is 10.1 Å². The summed E-state index contributed by atoms with van der Waals surface area (Å²) in [5.74, 6) is -0.733. The fourth-order valence-electron chi connectivity index (χ4n) is 1.47. The van der Waals surface area contributed by atoms with Crippen LogP contribution in [0.25, 0.3) is 0 Å². The lowest BCUT2D eigenvalue weighted by molar-refractivity contribution is -0.119. The monoisotopic (exact) mass is 210 g/mol. The highest BCUT2D eigenvalue weighted by Crippen LogP contribution is 2.15. The largest absolute Gasteiger partial charge is 0.381 e. The van der Waals surface area contributed by atoms with Gasteiger partial charge in [-0.25, -0.2) is 4.39 Å². The standard InChI is InChI=1S/C10H11FN2O2/c11-8-3-9(5-12-4-8)13-10(14)7-1-2-15-6-7/h3-5,7H,1-2,6H2,(H,13,14)/t7-/m0/s1. The lowest BCUT2D eigenvalue weighted by atomic mass is 10.1. The SMILES string of the molecule is O=C(Nc1cncc(F)c1)[C@H]1CCOC1. The van der Waals surface area contributed by atoms with Crippen molar-refractivity contribution in [3.8, 4) is 0 Å². The Kier molecular flexibility index (Phi) is 2.91. The minimum absolute atomic E-state index is 0.131. The van der Waals surface area contributed by atoms with Gasteiger partial charge in [-0.3, -0.25) is 9.78 Å². The molecule has 1 saturated heterocycles. The molecule has 1 N–H and O–H groups in total. The minimum Gasteiger partial charge on any atom is -0.381 e. The lowest BCUT2D eigenvalue weighted by Crippen LogP contribution is -2.22. The molecular weight excluding hydrogens is 199 g/mol. The minimum atomic E-state index is -0.463. The molecule has 1 aromatic rings. The van der Waals surface area contributed by atoms with Crippen LogP contribution in [0, 0.1) is 11.7 Å². The first kappa shape index (κ1) is 10.0. The Balaban J connectivity index is 1.99. The lowest BCUT2D eigenvalue weighted by Gasteiger charge is -2.08. The summed E-state index contributed by atoms with van der Waals surface area (Å²) in [6, 6.07) is 1.24. The molecule has 1 atom stereocenters. The van der Waals surface area contributed by atoms with Crippen LogP contribution < -0.4 is 5.32 Å². The fourth-order valence-corrected chi connectivity index (χ4v) is 1.47. The molecule has 2 rings (SSSR count). The third kappa shape index (κ3) is 2.50. The summed E-state index contributed by atoms with van der Waals surface area (Å²) in [6.07, 6.45) is 3.22. The zero-order valence-electron chi connectivity index (χ0n) is 8.07. The molecule has 0 bridgehead atoms. The molecule has 0 spiro atoms. The van der Waals surface area contributed by atoms with Gasteiger partial charge in [-0.15, -0.1) is 0 Å². The first-order chi connectivity index (χ1) is 7.25. The van der Waals surface area contributed by atoms with Crippen LogP contribution in [0.3, 0.4) is 0 Å². The van der Waals surface area contributed by atoms with Crippen molar-refractivity contribution in [2.75, 3.05) is 18.5 Å². The molecule has 15 heavy (non-hydrogen) atoms. The van der Waals surface area contributed by atoms with Crippen LogP contribution in [0.15, 0.2) is 18.5 Å². The van der Waals surface area contributed by atoms with E-state index >= 15 is 0 Å². The van der Waals surface area contributed by atoms with Gasteiger partial charge < -0.3 is 10.1 Å². The average Bonchev–Trinajstić information content (AvgIpc) is 2.70. The van der Waals surface area contributed by atoms with Gasteiger partial charge in [0.05, 0.1) is 30.6 Å². The number of nitrogens with one attached hydrogen (secondary N) is 1. The smallest absolute Gasteiger partial charge is 0.229 e. The molecule has 1 aromatic heterocycles. The predicted octanol–water partition coefficient (Wildman–Crippen LogP) is 1.20. The second-order valence-corrected chi connectivity index (χ2v) is 3.44. The van der Waals surface area contributed by atoms with Crippen molar-refractivity contribution in [3.05, 3.63) is 24.3 Å². The van der Waals surface area contributed by atoms with Crippen LogP contribution in [-0.4, -0.2) is 24.1 Å². The van der Waals surface area contributed by atoms with Gasteiger partial charge in [0, 0.05) is 12.7 Å². The Morgan fingerprint density at radius 2 is 2.47 bits per heavy atom. The van der Waals surface area contributed by atoms with Gasteiger partial charge >= 0.3 is 0 Å². The Morgan fingerprint density at radius 1 is 1.60 bits per heavy atom. The molecule has 0 aliphatic carbocycles. The number of amides is 1. The number of halogens is 1. The molecule has 0 radical (unpaired) electrons. The molecule has 2 heterocycles. The van der Waals surface area contributed by atoms with Crippen LogP contribution >= 0.6 is 0 Å². The number of aromatic nitrogens is 1. The molecule has 0 saturated carbocycles. The summed E-state index contributed by atoms with van der Waals surface area (Å²) in [5, 5.41) is 2.60. The van der Waals surface area contributed by atoms with Crippen LogP contribution in [0.2, 0.25) is 0 Å². The number of hydrogen-bond acceptors (Lipinski definition) is 3. The number of carbonyl (C=O) groups excluding carboxylic acids is 1. The molecule has 1 fully saturated rings. The molecule has 0 unspecified atom stereocenters. The molecule has 80 valence electrons. The summed E-state index contributed by atoms with van der Waals surface area (Å²) in [7, 11) is 0. The van der Waals surface area contributed by atoms with Gasteiger partial charge in [0.2, 0.25) is 5.91 Å². The van der Waals surface area contributed by atoms with Crippen molar-refractivity contribution in [2.24, 2.45) is 5.92 Å². The maximum atomic E-state index is 12.8. The number of nitrogens with zero attached hydrogens (tertiary/aromatic N) is 1. The second-order valence-electron chi connectivity index (χ2n) is 3.44. The van der Waals surface area contributed by atoms with Gasteiger partial charge in [-0.1, -0.05) is 0 Å². The number of hydrogen-bond donors (Lipinski definition) is 1. The molecule has 1 amide bonds. The molecule has 1 aliphatic heterocycles. The van der Waals surface area contributed by atoms with Crippen molar-refractivity contribution >= 4 is 11.6 Å². The number of rotatable bonds is 2. The Bertz CT molecular complexity index is 364. The van der Waals surface area contributed by atoms with Gasteiger partial charge in [0.25, 0.3) is 0 Å². The summed E-state index contributed by atoms with van der Waals surface area (Å²) in [4.78, 5) is 15.2. The van der Waals surface area contributed by atoms with Crippen molar-refractivity contribution < 1.29 is 13.9 Å². The fraction of sp³-hybridized carbons (Fsp3) is 0.400. The van der Waals surface area contributed by atoms with Gasteiger partial charge in [0.1, 0.15) is 5.82 Å². The Labute approximate surface area is 86.5 Å². The maximum Gasteiger partial charge on any atom is 0.229 e. The Hall–Kier alpha value is -1.49. The first-order valence-electron chi connectivity index (χ1n) is 4.75. The van der Waals surface area contributed by atoms with Crippen LogP contribution in [0.1, 0.15) is 6.42 Å². The molecule has 5 heteroatoms. The molecular formula is C10H11FN2O2. The van der Waals surface area contributed by atoms with E-state index in [2.05, 4.69) is 10.3 Å². The highest BCUT2D eigenvalue weighted by molar-refractivity contribution is 5.92.